The fourth-order valence-corrected chi connectivity index (χ4v) is 3.30. The monoisotopic (exact) mass is 279 g/mol. The molecule has 1 amide bonds. The molecule has 19 heavy (non-hydrogen) atoms. The van der Waals surface area contributed by atoms with Crippen molar-refractivity contribution in [2.75, 3.05) is 25.4 Å². The molecule has 0 aliphatic carbocycles. The molecule has 0 radical (unpaired) electrons. The van der Waals surface area contributed by atoms with E-state index in [1.807, 2.05) is 0 Å². The van der Waals surface area contributed by atoms with Crippen molar-refractivity contribution in [1.82, 2.24) is 10.2 Å². The van der Waals surface area contributed by atoms with Crippen LogP contribution in [0.5, 0.6) is 0 Å². The number of nitrogen functional groups attached to an aromatic ring is 1. The Morgan fingerprint density at radius 1 is 1.37 bits per heavy atom. The summed E-state index contributed by atoms with van der Waals surface area (Å²) in [5.74, 6) is 0.524. The van der Waals surface area contributed by atoms with Gasteiger partial charge < -0.3 is 16.0 Å². The molecule has 0 spiro atoms. The van der Waals surface area contributed by atoms with Gasteiger partial charge in [-0.15, -0.1) is 0 Å². The van der Waals surface area contributed by atoms with E-state index in [-0.39, 0.29) is 11.9 Å². The number of nitrogens with one attached hydrogen (secondary N) is 1. The average molecular weight is 280 g/mol. The molecule has 1 aromatic carbocycles. The van der Waals surface area contributed by atoms with Crippen molar-refractivity contribution in [1.29, 1.82) is 0 Å². The lowest BCUT2D eigenvalue weighted by Gasteiger charge is -2.44. The lowest BCUT2D eigenvalue weighted by Crippen LogP contribution is -2.57. The summed E-state index contributed by atoms with van der Waals surface area (Å²) >= 11 is 5.85. The number of piperidine rings is 3. The van der Waals surface area contributed by atoms with Crippen LogP contribution in [0.1, 0.15) is 23.2 Å². The van der Waals surface area contributed by atoms with Crippen molar-refractivity contribution in [3.05, 3.63) is 28.8 Å². The second-order valence-electron chi connectivity index (χ2n) is 5.45. The van der Waals surface area contributed by atoms with E-state index in [0.717, 1.165) is 6.54 Å². The number of nitrogens with zero attached hydrogens (tertiary/aromatic N) is 1. The summed E-state index contributed by atoms with van der Waals surface area (Å²) < 4.78 is 0. The minimum Gasteiger partial charge on any atom is -0.398 e. The molecule has 0 aromatic heterocycles. The molecular weight excluding hydrogens is 262 g/mol. The van der Waals surface area contributed by atoms with E-state index in [9.17, 15) is 4.79 Å². The average Bonchev–Trinajstić information content (AvgIpc) is 2.39. The van der Waals surface area contributed by atoms with Crippen LogP contribution in [-0.4, -0.2) is 36.5 Å². The van der Waals surface area contributed by atoms with Gasteiger partial charge in [0.05, 0.1) is 5.56 Å². The van der Waals surface area contributed by atoms with Gasteiger partial charge in [-0.25, -0.2) is 0 Å². The first-order chi connectivity index (χ1) is 9.13. The fraction of sp³-hybridized carbons (Fsp3) is 0.500. The van der Waals surface area contributed by atoms with E-state index in [1.54, 1.807) is 18.2 Å². The van der Waals surface area contributed by atoms with Gasteiger partial charge in [0, 0.05) is 23.3 Å². The number of rotatable bonds is 2. The van der Waals surface area contributed by atoms with Gasteiger partial charge in [-0.1, -0.05) is 11.6 Å². The second-order valence-corrected chi connectivity index (χ2v) is 5.89. The Balaban J connectivity index is 1.71. The van der Waals surface area contributed by atoms with Crippen LogP contribution < -0.4 is 11.1 Å². The smallest absolute Gasteiger partial charge is 0.253 e. The third-order valence-electron chi connectivity index (χ3n) is 4.23. The van der Waals surface area contributed by atoms with Crippen LogP contribution in [-0.2, 0) is 0 Å². The van der Waals surface area contributed by atoms with Gasteiger partial charge >= 0.3 is 0 Å². The molecule has 1 atom stereocenters. The molecule has 5 heteroatoms. The Bertz CT molecular complexity index is 497. The van der Waals surface area contributed by atoms with Crippen LogP contribution in [0, 0.1) is 5.92 Å². The van der Waals surface area contributed by atoms with E-state index in [2.05, 4.69) is 10.2 Å². The Hall–Kier alpha value is -1.26. The quantitative estimate of drug-likeness (QED) is 0.811. The van der Waals surface area contributed by atoms with Crippen LogP contribution in [0.4, 0.5) is 5.69 Å². The molecule has 4 rings (SSSR count). The Kier molecular flexibility index (Phi) is 3.37. The Morgan fingerprint density at radius 3 is 2.68 bits per heavy atom. The number of nitrogens with two attached hydrogens (primary N) is 1. The van der Waals surface area contributed by atoms with Crippen LogP contribution in [0.25, 0.3) is 0 Å². The van der Waals surface area contributed by atoms with Gasteiger partial charge in [0.2, 0.25) is 0 Å². The third-order valence-corrected chi connectivity index (χ3v) is 4.47. The highest BCUT2D eigenvalue weighted by Crippen LogP contribution is 2.28. The SMILES string of the molecule is Nc1cc(Cl)ccc1C(=O)NC1CN2CCC1CC2. The lowest BCUT2D eigenvalue weighted by atomic mass is 9.84. The van der Waals surface area contributed by atoms with E-state index >= 15 is 0 Å². The van der Waals surface area contributed by atoms with Gasteiger partial charge in [-0.05, 0) is 50.0 Å². The van der Waals surface area contributed by atoms with E-state index in [1.165, 1.54) is 25.9 Å². The minimum absolute atomic E-state index is 0.0899. The molecule has 3 heterocycles. The largest absolute Gasteiger partial charge is 0.398 e. The van der Waals surface area contributed by atoms with E-state index in [4.69, 9.17) is 17.3 Å². The maximum absolute atomic E-state index is 12.3. The number of anilines is 1. The molecule has 1 unspecified atom stereocenters. The predicted molar refractivity (Wildman–Crippen MR) is 76.3 cm³/mol. The maximum Gasteiger partial charge on any atom is 0.253 e. The molecule has 3 saturated heterocycles. The van der Waals surface area contributed by atoms with Crippen LogP contribution in [0.3, 0.4) is 0 Å². The number of carbonyl (C=O) groups excluding carboxylic acids is 1. The maximum atomic E-state index is 12.3. The molecule has 2 bridgehead atoms. The second kappa shape index (κ2) is 5.02. The number of carbonyl (C=O) groups is 1. The highest BCUT2D eigenvalue weighted by molar-refractivity contribution is 6.31. The topological polar surface area (TPSA) is 58.4 Å². The lowest BCUT2D eigenvalue weighted by molar-refractivity contribution is 0.0621. The van der Waals surface area contributed by atoms with Crippen molar-refractivity contribution in [3.8, 4) is 0 Å². The third kappa shape index (κ3) is 2.55. The number of amides is 1. The van der Waals surface area contributed by atoms with Crippen molar-refractivity contribution in [2.45, 2.75) is 18.9 Å². The summed E-state index contributed by atoms with van der Waals surface area (Å²) in [6.07, 6.45) is 2.36. The van der Waals surface area contributed by atoms with Crippen LogP contribution in [0.2, 0.25) is 5.02 Å². The molecule has 3 aliphatic heterocycles. The van der Waals surface area contributed by atoms with Gasteiger partial charge in [0.25, 0.3) is 5.91 Å². The summed E-state index contributed by atoms with van der Waals surface area (Å²) in [5.41, 5.74) is 6.80. The molecule has 0 saturated carbocycles. The molecule has 102 valence electrons. The highest BCUT2D eigenvalue weighted by atomic mass is 35.5. The minimum atomic E-state index is -0.0899. The van der Waals surface area contributed by atoms with Gasteiger partial charge in [0.15, 0.2) is 0 Å². The normalized spacial score (nSPS) is 29.2. The Labute approximate surface area is 117 Å². The van der Waals surface area contributed by atoms with Crippen LogP contribution >= 0.6 is 11.6 Å². The zero-order chi connectivity index (χ0) is 13.4. The predicted octanol–water partition coefficient (Wildman–Crippen LogP) is 1.75. The Morgan fingerprint density at radius 2 is 2.11 bits per heavy atom. The van der Waals surface area contributed by atoms with Gasteiger partial charge in [-0.2, -0.15) is 0 Å². The number of benzene rings is 1. The number of halogens is 1. The standard InChI is InChI=1S/C14H18ClN3O/c15-10-1-2-11(12(16)7-10)14(19)17-13-8-18-5-3-9(13)4-6-18/h1-2,7,9,13H,3-6,8,16H2,(H,17,19). The van der Waals surface area contributed by atoms with Crippen molar-refractivity contribution in [3.63, 3.8) is 0 Å². The van der Waals surface area contributed by atoms with Crippen LogP contribution in [0.15, 0.2) is 18.2 Å². The molecule has 3 N–H and O–H groups in total. The van der Waals surface area contributed by atoms with Gasteiger partial charge in [-0.3, -0.25) is 4.79 Å². The van der Waals surface area contributed by atoms with E-state index in [0.29, 0.717) is 22.2 Å². The summed E-state index contributed by atoms with van der Waals surface area (Å²) in [7, 11) is 0. The summed E-state index contributed by atoms with van der Waals surface area (Å²) in [5, 5.41) is 3.68. The molecule has 3 aliphatic rings. The highest BCUT2D eigenvalue weighted by Gasteiger charge is 2.35. The summed E-state index contributed by atoms with van der Waals surface area (Å²) in [6.45, 7) is 3.30. The first-order valence-corrected chi connectivity index (χ1v) is 7.09. The van der Waals surface area contributed by atoms with E-state index < -0.39 is 0 Å². The number of hydrogen-bond donors (Lipinski definition) is 2. The zero-order valence-corrected chi connectivity index (χ0v) is 11.5. The van der Waals surface area contributed by atoms with Crippen molar-refractivity contribution in [2.24, 2.45) is 5.92 Å². The summed E-state index contributed by atoms with van der Waals surface area (Å²) in [4.78, 5) is 14.7. The summed E-state index contributed by atoms with van der Waals surface area (Å²) in [6, 6.07) is 5.26. The number of hydrogen-bond acceptors (Lipinski definition) is 3. The van der Waals surface area contributed by atoms with Crippen molar-refractivity contribution < 1.29 is 4.79 Å². The first kappa shape index (κ1) is 12.8. The van der Waals surface area contributed by atoms with Gasteiger partial charge in [0.1, 0.15) is 0 Å². The van der Waals surface area contributed by atoms with Crippen molar-refractivity contribution >= 4 is 23.2 Å². The zero-order valence-electron chi connectivity index (χ0n) is 10.7. The molecular formula is C14H18ClN3O. The first-order valence-electron chi connectivity index (χ1n) is 6.72. The molecule has 4 nitrogen and oxygen atoms in total. The molecule has 1 aromatic rings. The molecule has 3 fully saturated rings. The fourth-order valence-electron chi connectivity index (χ4n) is 3.12. The number of fused-ring (bicyclic) bond motifs is 3.